The fourth-order valence-corrected chi connectivity index (χ4v) is 1.77. The second-order valence-corrected chi connectivity index (χ2v) is 4.25. The third-order valence-electron chi connectivity index (χ3n) is 2.59. The highest BCUT2D eigenvalue weighted by atomic mass is 35.5. The maximum atomic E-state index is 11.8. The SMILES string of the molecule is CCn1cc(Cl)cc1C(=O)NC1CC1N. The van der Waals surface area contributed by atoms with E-state index >= 15 is 0 Å². The van der Waals surface area contributed by atoms with E-state index in [1.54, 1.807) is 12.3 Å². The van der Waals surface area contributed by atoms with Gasteiger partial charge in [0.2, 0.25) is 0 Å². The lowest BCUT2D eigenvalue weighted by molar-refractivity contribution is 0.0941. The van der Waals surface area contributed by atoms with Crippen LogP contribution in [0, 0.1) is 0 Å². The number of aromatic nitrogens is 1. The van der Waals surface area contributed by atoms with E-state index in [0.29, 0.717) is 10.7 Å². The zero-order valence-corrected chi connectivity index (χ0v) is 9.29. The molecule has 1 saturated carbocycles. The number of nitrogens with one attached hydrogen (secondary N) is 1. The summed E-state index contributed by atoms with van der Waals surface area (Å²) in [5, 5.41) is 3.45. The number of hydrogen-bond donors (Lipinski definition) is 2. The summed E-state index contributed by atoms with van der Waals surface area (Å²) in [5.74, 6) is -0.0956. The predicted molar refractivity (Wildman–Crippen MR) is 59.0 cm³/mol. The zero-order valence-electron chi connectivity index (χ0n) is 8.53. The van der Waals surface area contributed by atoms with Crippen LogP contribution in [0.25, 0.3) is 0 Å². The monoisotopic (exact) mass is 227 g/mol. The molecule has 2 atom stereocenters. The molecule has 1 heterocycles. The second kappa shape index (κ2) is 3.87. The molecule has 3 N–H and O–H groups in total. The van der Waals surface area contributed by atoms with Crippen LogP contribution in [0.3, 0.4) is 0 Å². The molecule has 5 heteroatoms. The third kappa shape index (κ3) is 2.16. The maximum Gasteiger partial charge on any atom is 0.268 e. The van der Waals surface area contributed by atoms with Gasteiger partial charge >= 0.3 is 0 Å². The first-order valence-corrected chi connectivity index (χ1v) is 5.41. The van der Waals surface area contributed by atoms with Crippen molar-refractivity contribution in [2.75, 3.05) is 0 Å². The molecule has 0 radical (unpaired) electrons. The zero-order chi connectivity index (χ0) is 11.0. The predicted octanol–water partition coefficient (Wildman–Crippen LogP) is 0.991. The van der Waals surface area contributed by atoms with E-state index in [-0.39, 0.29) is 18.0 Å². The number of aryl methyl sites for hydroxylation is 1. The first-order valence-electron chi connectivity index (χ1n) is 5.04. The third-order valence-corrected chi connectivity index (χ3v) is 2.80. The Hall–Kier alpha value is -1.00. The lowest BCUT2D eigenvalue weighted by atomic mass is 10.4. The number of hydrogen-bond acceptors (Lipinski definition) is 2. The highest BCUT2D eigenvalue weighted by Gasteiger charge is 2.35. The van der Waals surface area contributed by atoms with E-state index in [2.05, 4.69) is 5.32 Å². The van der Waals surface area contributed by atoms with E-state index in [1.165, 1.54) is 0 Å². The summed E-state index contributed by atoms with van der Waals surface area (Å²) in [5.41, 5.74) is 6.22. The van der Waals surface area contributed by atoms with Gasteiger partial charge in [-0.3, -0.25) is 4.79 Å². The molecule has 2 unspecified atom stereocenters. The highest BCUT2D eigenvalue weighted by Crippen LogP contribution is 2.20. The average Bonchev–Trinajstić information content (AvgIpc) is 2.74. The molecule has 2 rings (SSSR count). The summed E-state index contributed by atoms with van der Waals surface area (Å²) in [6, 6.07) is 1.93. The van der Waals surface area contributed by atoms with Crippen LogP contribution < -0.4 is 11.1 Å². The van der Waals surface area contributed by atoms with Gasteiger partial charge in [0.05, 0.1) is 5.02 Å². The molecule has 0 aliphatic heterocycles. The minimum Gasteiger partial charge on any atom is -0.346 e. The Bertz CT molecular complexity index is 388. The first kappa shape index (κ1) is 10.5. The summed E-state index contributed by atoms with van der Waals surface area (Å²) in [6.07, 6.45) is 2.62. The molecular formula is C10H14ClN3O. The number of carbonyl (C=O) groups excluding carboxylic acids is 1. The van der Waals surface area contributed by atoms with Gasteiger partial charge in [0, 0.05) is 24.8 Å². The number of nitrogens with zero attached hydrogens (tertiary/aromatic N) is 1. The Morgan fingerprint density at radius 3 is 3.00 bits per heavy atom. The number of halogens is 1. The molecule has 0 saturated heterocycles. The summed E-state index contributed by atoms with van der Waals surface area (Å²) in [7, 11) is 0. The van der Waals surface area contributed by atoms with Crippen LogP contribution in [0.2, 0.25) is 5.02 Å². The molecule has 4 nitrogen and oxygen atoms in total. The molecule has 1 aromatic rings. The summed E-state index contributed by atoms with van der Waals surface area (Å²) < 4.78 is 1.82. The van der Waals surface area contributed by atoms with Crippen molar-refractivity contribution in [3.8, 4) is 0 Å². The average molecular weight is 228 g/mol. The molecule has 82 valence electrons. The minimum absolute atomic E-state index is 0.0956. The normalized spacial score (nSPS) is 23.9. The van der Waals surface area contributed by atoms with Gasteiger partial charge in [-0.15, -0.1) is 0 Å². The van der Waals surface area contributed by atoms with Crippen LogP contribution in [-0.2, 0) is 6.54 Å². The number of amides is 1. The van der Waals surface area contributed by atoms with E-state index in [9.17, 15) is 4.79 Å². The molecule has 0 aromatic carbocycles. The molecular weight excluding hydrogens is 214 g/mol. The van der Waals surface area contributed by atoms with Crippen molar-refractivity contribution in [3.05, 3.63) is 23.0 Å². The Balaban J connectivity index is 2.10. The van der Waals surface area contributed by atoms with Gasteiger partial charge < -0.3 is 15.6 Å². The van der Waals surface area contributed by atoms with Crippen molar-refractivity contribution >= 4 is 17.5 Å². The lowest BCUT2D eigenvalue weighted by Crippen LogP contribution is -2.31. The Labute approximate surface area is 93.4 Å². The summed E-state index contributed by atoms with van der Waals surface area (Å²) in [6.45, 7) is 2.70. The molecule has 1 aliphatic rings. The number of carbonyl (C=O) groups is 1. The fourth-order valence-electron chi connectivity index (χ4n) is 1.55. The molecule has 1 amide bonds. The highest BCUT2D eigenvalue weighted by molar-refractivity contribution is 6.31. The second-order valence-electron chi connectivity index (χ2n) is 3.81. The van der Waals surface area contributed by atoms with Crippen molar-refractivity contribution in [3.63, 3.8) is 0 Å². The van der Waals surface area contributed by atoms with E-state index in [4.69, 9.17) is 17.3 Å². The largest absolute Gasteiger partial charge is 0.346 e. The molecule has 1 aliphatic carbocycles. The van der Waals surface area contributed by atoms with Gasteiger partial charge in [0.15, 0.2) is 0 Å². The van der Waals surface area contributed by atoms with Gasteiger partial charge in [-0.2, -0.15) is 0 Å². The smallest absolute Gasteiger partial charge is 0.268 e. The molecule has 0 bridgehead atoms. The van der Waals surface area contributed by atoms with Crippen LogP contribution in [0.15, 0.2) is 12.3 Å². The van der Waals surface area contributed by atoms with Gasteiger partial charge in [-0.1, -0.05) is 11.6 Å². The fraction of sp³-hybridized carbons (Fsp3) is 0.500. The quantitative estimate of drug-likeness (QED) is 0.809. The van der Waals surface area contributed by atoms with E-state index in [1.807, 2.05) is 11.5 Å². The van der Waals surface area contributed by atoms with Crippen molar-refractivity contribution in [1.29, 1.82) is 0 Å². The van der Waals surface area contributed by atoms with Crippen molar-refractivity contribution in [2.24, 2.45) is 5.73 Å². The van der Waals surface area contributed by atoms with E-state index in [0.717, 1.165) is 13.0 Å². The van der Waals surface area contributed by atoms with Crippen molar-refractivity contribution in [2.45, 2.75) is 32.0 Å². The van der Waals surface area contributed by atoms with Crippen molar-refractivity contribution < 1.29 is 4.79 Å². The molecule has 15 heavy (non-hydrogen) atoms. The maximum absolute atomic E-state index is 11.8. The molecule has 1 aromatic heterocycles. The lowest BCUT2D eigenvalue weighted by Gasteiger charge is -2.06. The summed E-state index contributed by atoms with van der Waals surface area (Å²) >= 11 is 5.84. The molecule has 0 spiro atoms. The van der Waals surface area contributed by atoms with Crippen LogP contribution in [0.1, 0.15) is 23.8 Å². The Morgan fingerprint density at radius 1 is 1.80 bits per heavy atom. The van der Waals surface area contributed by atoms with Crippen LogP contribution in [0.5, 0.6) is 0 Å². The standard InChI is InChI=1S/C10H14ClN3O/c1-2-14-5-6(11)3-9(14)10(15)13-8-4-7(8)12/h3,5,7-8H,2,4,12H2,1H3,(H,13,15). The topological polar surface area (TPSA) is 60.0 Å². The number of rotatable bonds is 3. The van der Waals surface area contributed by atoms with Crippen LogP contribution in [-0.4, -0.2) is 22.6 Å². The van der Waals surface area contributed by atoms with Gasteiger partial charge in [-0.05, 0) is 19.4 Å². The molecule has 1 fully saturated rings. The Morgan fingerprint density at radius 2 is 2.47 bits per heavy atom. The van der Waals surface area contributed by atoms with Gasteiger partial charge in [0.1, 0.15) is 5.69 Å². The Kier molecular flexibility index (Phi) is 2.71. The first-order chi connectivity index (χ1) is 7.11. The minimum atomic E-state index is -0.0956. The van der Waals surface area contributed by atoms with Gasteiger partial charge in [-0.25, -0.2) is 0 Å². The van der Waals surface area contributed by atoms with Crippen LogP contribution >= 0.6 is 11.6 Å². The van der Waals surface area contributed by atoms with E-state index < -0.39 is 0 Å². The number of nitrogens with two attached hydrogens (primary N) is 1. The van der Waals surface area contributed by atoms with Crippen molar-refractivity contribution in [1.82, 2.24) is 9.88 Å². The summed E-state index contributed by atoms with van der Waals surface area (Å²) in [4.78, 5) is 11.8. The van der Waals surface area contributed by atoms with Gasteiger partial charge in [0.25, 0.3) is 5.91 Å². The van der Waals surface area contributed by atoms with Crippen LogP contribution in [0.4, 0.5) is 0 Å².